The van der Waals surface area contributed by atoms with Crippen LogP contribution in [0.2, 0.25) is 0 Å². The lowest BCUT2D eigenvalue weighted by Gasteiger charge is -2.26. The summed E-state index contributed by atoms with van der Waals surface area (Å²) in [5.74, 6) is -0.268. The number of hydrogen-bond acceptors (Lipinski definition) is 5. The lowest BCUT2D eigenvalue weighted by atomic mass is 10.1. The SMILES string of the molecule is CSc1ccc(S(=O)(=O)N(C)CC(=O)NCCCN2CCCCC2)cc1. The van der Waals surface area contributed by atoms with Crippen LogP contribution in [0.5, 0.6) is 0 Å². The number of carbonyl (C=O) groups excluding carboxylic acids is 1. The monoisotopic (exact) mass is 399 g/mol. The van der Waals surface area contributed by atoms with E-state index in [2.05, 4.69) is 10.2 Å². The zero-order chi connectivity index (χ0) is 19.0. The van der Waals surface area contributed by atoms with Gasteiger partial charge in [0.25, 0.3) is 0 Å². The normalized spacial score (nSPS) is 16.0. The number of thioether (sulfide) groups is 1. The van der Waals surface area contributed by atoms with Crippen molar-refractivity contribution in [3.63, 3.8) is 0 Å². The van der Waals surface area contributed by atoms with Crippen LogP contribution < -0.4 is 5.32 Å². The van der Waals surface area contributed by atoms with E-state index in [0.29, 0.717) is 6.54 Å². The van der Waals surface area contributed by atoms with Crippen LogP contribution >= 0.6 is 11.8 Å². The Morgan fingerprint density at radius 2 is 1.85 bits per heavy atom. The van der Waals surface area contributed by atoms with Crippen LogP contribution in [0.3, 0.4) is 0 Å². The lowest BCUT2D eigenvalue weighted by Crippen LogP contribution is -2.39. The number of likely N-dealkylation sites (N-methyl/N-ethyl adjacent to an activating group) is 1. The van der Waals surface area contributed by atoms with E-state index in [1.165, 1.54) is 26.3 Å². The second kappa shape index (κ2) is 10.3. The maximum Gasteiger partial charge on any atom is 0.243 e. The Morgan fingerprint density at radius 3 is 2.46 bits per heavy atom. The van der Waals surface area contributed by atoms with Crippen LogP contribution in [-0.4, -0.2) is 69.6 Å². The van der Waals surface area contributed by atoms with Gasteiger partial charge in [-0.2, -0.15) is 4.31 Å². The molecular formula is C18H29N3O3S2. The van der Waals surface area contributed by atoms with E-state index in [1.807, 2.05) is 6.26 Å². The maximum absolute atomic E-state index is 12.5. The summed E-state index contributed by atoms with van der Waals surface area (Å²) in [6.45, 7) is 3.67. The summed E-state index contributed by atoms with van der Waals surface area (Å²) in [5, 5.41) is 2.82. The Kier molecular flexibility index (Phi) is 8.40. The van der Waals surface area contributed by atoms with E-state index < -0.39 is 10.0 Å². The lowest BCUT2D eigenvalue weighted by molar-refractivity contribution is -0.121. The van der Waals surface area contributed by atoms with Crippen LogP contribution in [0, 0.1) is 0 Å². The molecule has 1 amide bonds. The van der Waals surface area contributed by atoms with Crippen LogP contribution in [0.15, 0.2) is 34.1 Å². The molecule has 1 aliphatic rings. The van der Waals surface area contributed by atoms with Gasteiger partial charge in [0, 0.05) is 18.5 Å². The molecule has 2 rings (SSSR count). The van der Waals surface area contributed by atoms with Crippen LogP contribution in [-0.2, 0) is 14.8 Å². The molecule has 0 aliphatic carbocycles. The highest BCUT2D eigenvalue weighted by molar-refractivity contribution is 7.98. The van der Waals surface area contributed by atoms with Gasteiger partial charge in [0.1, 0.15) is 0 Å². The number of hydrogen-bond donors (Lipinski definition) is 1. The zero-order valence-electron chi connectivity index (χ0n) is 15.6. The van der Waals surface area contributed by atoms with Crippen molar-refractivity contribution in [2.75, 3.05) is 46.0 Å². The number of likely N-dealkylation sites (tertiary alicyclic amines) is 1. The summed E-state index contributed by atoms with van der Waals surface area (Å²) in [7, 11) is -2.22. The fourth-order valence-corrected chi connectivity index (χ4v) is 4.52. The first-order valence-electron chi connectivity index (χ1n) is 9.03. The van der Waals surface area contributed by atoms with E-state index in [1.54, 1.807) is 36.0 Å². The second-order valence-electron chi connectivity index (χ2n) is 6.54. The number of piperidine rings is 1. The van der Waals surface area contributed by atoms with E-state index in [0.717, 1.165) is 35.3 Å². The Bertz CT molecular complexity index is 671. The number of nitrogens with zero attached hydrogens (tertiary/aromatic N) is 2. The number of sulfonamides is 1. The molecule has 0 spiro atoms. The van der Waals surface area contributed by atoms with Gasteiger partial charge in [-0.3, -0.25) is 4.79 Å². The summed E-state index contributed by atoms with van der Waals surface area (Å²) in [6, 6.07) is 6.69. The first kappa shape index (κ1) is 21.2. The molecule has 1 aromatic carbocycles. The molecule has 0 saturated carbocycles. The fourth-order valence-electron chi connectivity index (χ4n) is 2.98. The van der Waals surface area contributed by atoms with E-state index in [4.69, 9.17) is 0 Å². The molecule has 26 heavy (non-hydrogen) atoms. The van der Waals surface area contributed by atoms with Gasteiger partial charge in [0.05, 0.1) is 11.4 Å². The minimum Gasteiger partial charge on any atom is -0.355 e. The van der Waals surface area contributed by atoms with Crippen molar-refractivity contribution in [3.05, 3.63) is 24.3 Å². The number of carbonyl (C=O) groups is 1. The zero-order valence-corrected chi connectivity index (χ0v) is 17.2. The Labute approximate surface area is 161 Å². The van der Waals surface area contributed by atoms with Gasteiger partial charge in [-0.05, 0) is 69.4 Å². The molecule has 0 atom stereocenters. The maximum atomic E-state index is 12.5. The minimum atomic E-state index is -3.65. The van der Waals surface area contributed by atoms with E-state index >= 15 is 0 Å². The summed E-state index contributed by atoms with van der Waals surface area (Å²) < 4.78 is 26.2. The second-order valence-corrected chi connectivity index (χ2v) is 9.47. The molecule has 8 heteroatoms. The Balaban J connectivity index is 1.75. The summed E-state index contributed by atoms with van der Waals surface area (Å²) >= 11 is 1.55. The molecule has 0 aromatic heterocycles. The Morgan fingerprint density at radius 1 is 1.19 bits per heavy atom. The van der Waals surface area contributed by atoms with E-state index in [-0.39, 0.29) is 17.3 Å². The van der Waals surface area contributed by atoms with Crippen molar-refractivity contribution in [2.45, 2.75) is 35.5 Å². The molecule has 1 aromatic rings. The average Bonchev–Trinajstić information content (AvgIpc) is 2.66. The third-order valence-electron chi connectivity index (χ3n) is 4.56. The number of nitrogens with one attached hydrogen (secondary N) is 1. The molecule has 146 valence electrons. The van der Waals surface area contributed by atoms with Gasteiger partial charge in [0.2, 0.25) is 15.9 Å². The standard InChI is InChI=1S/C18H29N3O3S2/c1-20(26(23,24)17-9-7-16(25-2)8-10-17)15-18(22)19-11-6-14-21-12-4-3-5-13-21/h7-10H,3-6,11-15H2,1-2H3,(H,19,22). The van der Waals surface area contributed by atoms with Crippen molar-refractivity contribution in [1.82, 2.24) is 14.5 Å². The fraction of sp³-hybridized carbons (Fsp3) is 0.611. The van der Waals surface area contributed by atoms with Crippen molar-refractivity contribution in [3.8, 4) is 0 Å². The topological polar surface area (TPSA) is 69.7 Å². The first-order chi connectivity index (χ1) is 12.4. The summed E-state index contributed by atoms with van der Waals surface area (Å²) in [4.78, 5) is 15.7. The number of rotatable bonds is 9. The average molecular weight is 400 g/mol. The first-order valence-corrected chi connectivity index (χ1v) is 11.7. The van der Waals surface area contributed by atoms with Crippen LogP contribution in [0.4, 0.5) is 0 Å². The third kappa shape index (κ3) is 6.26. The molecule has 1 saturated heterocycles. The van der Waals surface area contributed by atoms with Crippen molar-refractivity contribution >= 4 is 27.7 Å². The smallest absolute Gasteiger partial charge is 0.243 e. The summed E-state index contributed by atoms with van der Waals surface area (Å²) in [6.07, 6.45) is 6.65. The predicted octanol–water partition coefficient (Wildman–Crippen LogP) is 2.02. The van der Waals surface area contributed by atoms with Gasteiger partial charge in [-0.25, -0.2) is 8.42 Å². The predicted molar refractivity (Wildman–Crippen MR) is 106 cm³/mol. The van der Waals surface area contributed by atoms with Crippen molar-refractivity contribution in [2.24, 2.45) is 0 Å². The molecule has 1 aliphatic heterocycles. The van der Waals surface area contributed by atoms with Crippen LogP contribution in [0.1, 0.15) is 25.7 Å². The van der Waals surface area contributed by atoms with Gasteiger partial charge in [-0.15, -0.1) is 11.8 Å². The third-order valence-corrected chi connectivity index (χ3v) is 7.12. The number of amides is 1. The largest absolute Gasteiger partial charge is 0.355 e. The molecule has 0 radical (unpaired) electrons. The quantitative estimate of drug-likeness (QED) is 0.508. The molecular weight excluding hydrogens is 370 g/mol. The molecule has 1 N–H and O–H groups in total. The highest BCUT2D eigenvalue weighted by atomic mass is 32.2. The van der Waals surface area contributed by atoms with Crippen LogP contribution in [0.25, 0.3) is 0 Å². The molecule has 0 unspecified atom stereocenters. The Hall–Kier alpha value is -1.09. The van der Waals surface area contributed by atoms with Crippen molar-refractivity contribution in [1.29, 1.82) is 0 Å². The highest BCUT2D eigenvalue weighted by Crippen LogP contribution is 2.19. The van der Waals surface area contributed by atoms with E-state index in [9.17, 15) is 13.2 Å². The molecule has 0 bridgehead atoms. The summed E-state index contributed by atoms with van der Waals surface area (Å²) in [5.41, 5.74) is 0. The van der Waals surface area contributed by atoms with Gasteiger partial charge in [-0.1, -0.05) is 6.42 Å². The molecule has 1 fully saturated rings. The van der Waals surface area contributed by atoms with Gasteiger partial charge < -0.3 is 10.2 Å². The number of benzene rings is 1. The van der Waals surface area contributed by atoms with Gasteiger partial charge in [0.15, 0.2) is 0 Å². The van der Waals surface area contributed by atoms with Gasteiger partial charge >= 0.3 is 0 Å². The molecule has 6 nitrogen and oxygen atoms in total. The van der Waals surface area contributed by atoms with Crippen molar-refractivity contribution < 1.29 is 13.2 Å². The highest BCUT2D eigenvalue weighted by Gasteiger charge is 2.22. The minimum absolute atomic E-state index is 0.170. The molecule has 1 heterocycles.